The van der Waals surface area contributed by atoms with Gasteiger partial charge in [-0.2, -0.15) is 5.10 Å². The summed E-state index contributed by atoms with van der Waals surface area (Å²) in [4.78, 5) is 12.3. The Morgan fingerprint density at radius 2 is 1.77 bits per heavy atom. The molecular weight excluding hydrogens is 531 g/mol. The SMILES string of the molecule is O=C(N/N=C/c1cc(Br)c(OCc2ccccc2F)c(Br)c1)c1cc2ccccc2o1. The standard InChI is InChI=1S/C23H15Br2FN2O3/c24-17-9-14(10-18(25)22(17)30-13-16-6-1-3-7-19(16)26)12-27-28-23(29)21-11-15-5-2-4-8-20(15)31-21/h1-12H,13H2,(H,28,29)/b27-12+. The molecule has 0 aliphatic heterocycles. The number of hydrazone groups is 1. The van der Waals surface area contributed by atoms with Crippen molar-refractivity contribution in [2.24, 2.45) is 5.10 Å². The van der Waals surface area contributed by atoms with Crippen LogP contribution in [0, 0.1) is 5.82 Å². The Bertz CT molecular complexity index is 1230. The predicted molar refractivity (Wildman–Crippen MR) is 124 cm³/mol. The number of hydrogen-bond acceptors (Lipinski definition) is 4. The van der Waals surface area contributed by atoms with E-state index < -0.39 is 5.91 Å². The first-order chi connectivity index (χ1) is 15.0. The fourth-order valence-electron chi connectivity index (χ4n) is 2.87. The highest BCUT2D eigenvalue weighted by Crippen LogP contribution is 2.35. The lowest BCUT2D eigenvalue weighted by Crippen LogP contribution is -2.16. The Labute approximate surface area is 194 Å². The molecule has 1 amide bonds. The highest BCUT2D eigenvalue weighted by atomic mass is 79.9. The number of nitrogens with one attached hydrogen (secondary N) is 1. The van der Waals surface area contributed by atoms with Crippen molar-refractivity contribution in [3.63, 3.8) is 0 Å². The third-order valence-electron chi connectivity index (χ3n) is 4.38. The number of rotatable bonds is 6. The van der Waals surface area contributed by atoms with Crippen LogP contribution in [0.5, 0.6) is 5.75 Å². The lowest BCUT2D eigenvalue weighted by Gasteiger charge is -2.11. The van der Waals surface area contributed by atoms with E-state index in [-0.39, 0.29) is 18.2 Å². The van der Waals surface area contributed by atoms with Crippen LogP contribution in [0.4, 0.5) is 4.39 Å². The number of halogens is 3. The summed E-state index contributed by atoms with van der Waals surface area (Å²) in [6.07, 6.45) is 1.50. The first kappa shape index (κ1) is 21.3. The minimum Gasteiger partial charge on any atom is -0.486 e. The first-order valence-electron chi connectivity index (χ1n) is 9.18. The highest BCUT2D eigenvalue weighted by molar-refractivity contribution is 9.11. The van der Waals surface area contributed by atoms with Gasteiger partial charge in [-0.25, -0.2) is 9.82 Å². The van der Waals surface area contributed by atoms with Crippen LogP contribution in [0.15, 0.2) is 85.2 Å². The molecule has 0 radical (unpaired) electrons. The fraction of sp³-hybridized carbons (Fsp3) is 0.0435. The number of benzene rings is 3. The number of hydrogen-bond donors (Lipinski definition) is 1. The zero-order valence-corrected chi connectivity index (χ0v) is 19.1. The summed E-state index contributed by atoms with van der Waals surface area (Å²) in [6.45, 7) is 0.0882. The van der Waals surface area contributed by atoms with E-state index in [1.165, 1.54) is 12.3 Å². The number of para-hydroxylation sites is 1. The maximum absolute atomic E-state index is 13.8. The smallest absolute Gasteiger partial charge is 0.307 e. The van der Waals surface area contributed by atoms with Crippen LogP contribution in [-0.2, 0) is 6.61 Å². The molecule has 1 heterocycles. The molecule has 0 unspecified atom stereocenters. The average Bonchev–Trinajstić information content (AvgIpc) is 3.19. The third kappa shape index (κ3) is 5.03. The normalized spacial score (nSPS) is 11.2. The van der Waals surface area contributed by atoms with Crippen LogP contribution >= 0.6 is 31.9 Å². The van der Waals surface area contributed by atoms with E-state index in [1.54, 1.807) is 42.5 Å². The Morgan fingerprint density at radius 3 is 2.52 bits per heavy atom. The number of furan rings is 1. The molecule has 3 aromatic carbocycles. The molecule has 4 rings (SSSR count). The number of fused-ring (bicyclic) bond motifs is 1. The Balaban J connectivity index is 1.42. The molecule has 0 spiro atoms. The van der Waals surface area contributed by atoms with Gasteiger partial charge in [0.05, 0.1) is 15.2 Å². The average molecular weight is 546 g/mol. The second kappa shape index (κ2) is 9.45. The summed E-state index contributed by atoms with van der Waals surface area (Å²) in [5.41, 5.74) is 4.25. The zero-order chi connectivity index (χ0) is 21.8. The van der Waals surface area contributed by atoms with Crippen molar-refractivity contribution < 1.29 is 18.3 Å². The molecule has 0 atom stereocenters. The quantitative estimate of drug-likeness (QED) is 0.224. The molecule has 0 saturated carbocycles. The summed E-state index contributed by atoms with van der Waals surface area (Å²) in [6, 6.07) is 19.0. The molecule has 0 saturated heterocycles. The molecule has 0 aliphatic carbocycles. The molecule has 0 fully saturated rings. The van der Waals surface area contributed by atoms with Gasteiger partial charge in [0.2, 0.25) is 0 Å². The van der Waals surface area contributed by atoms with E-state index in [9.17, 15) is 9.18 Å². The van der Waals surface area contributed by atoms with Crippen molar-refractivity contribution in [1.29, 1.82) is 0 Å². The summed E-state index contributed by atoms with van der Waals surface area (Å²) < 4.78 is 26.4. The van der Waals surface area contributed by atoms with E-state index in [1.807, 2.05) is 18.2 Å². The second-order valence-corrected chi connectivity index (χ2v) is 8.25. The molecule has 0 aliphatic rings. The van der Waals surface area contributed by atoms with Crippen LogP contribution < -0.4 is 10.2 Å². The maximum Gasteiger partial charge on any atom is 0.307 e. The van der Waals surface area contributed by atoms with Gasteiger partial charge < -0.3 is 9.15 Å². The van der Waals surface area contributed by atoms with Crippen LogP contribution in [0.3, 0.4) is 0 Å². The Hall–Kier alpha value is -2.97. The van der Waals surface area contributed by atoms with Crippen molar-refractivity contribution in [1.82, 2.24) is 5.43 Å². The monoisotopic (exact) mass is 544 g/mol. The number of nitrogens with zero attached hydrogens (tertiary/aromatic N) is 1. The molecule has 1 aromatic heterocycles. The molecule has 156 valence electrons. The van der Waals surface area contributed by atoms with Crippen molar-refractivity contribution in [3.8, 4) is 5.75 Å². The van der Waals surface area contributed by atoms with Gasteiger partial charge in [0.1, 0.15) is 23.8 Å². The fourth-order valence-corrected chi connectivity index (χ4v) is 4.32. The van der Waals surface area contributed by atoms with E-state index in [0.29, 0.717) is 31.4 Å². The predicted octanol–water partition coefficient (Wildman–Crippen LogP) is 6.44. The van der Waals surface area contributed by atoms with E-state index >= 15 is 0 Å². The van der Waals surface area contributed by atoms with Gasteiger partial charge in [-0.05, 0) is 67.8 Å². The van der Waals surface area contributed by atoms with Crippen molar-refractivity contribution >= 4 is 55.0 Å². The van der Waals surface area contributed by atoms with Crippen molar-refractivity contribution in [3.05, 3.63) is 98.4 Å². The topological polar surface area (TPSA) is 63.8 Å². The minimum atomic E-state index is -0.449. The Kier molecular flexibility index (Phi) is 6.48. The molecule has 8 heteroatoms. The summed E-state index contributed by atoms with van der Waals surface area (Å²) in [7, 11) is 0. The lowest BCUT2D eigenvalue weighted by molar-refractivity contribution is 0.0929. The van der Waals surface area contributed by atoms with Crippen LogP contribution in [0.2, 0.25) is 0 Å². The van der Waals surface area contributed by atoms with Crippen LogP contribution in [0.25, 0.3) is 11.0 Å². The number of carbonyl (C=O) groups is 1. The van der Waals surface area contributed by atoms with Gasteiger partial charge >= 0.3 is 5.91 Å². The third-order valence-corrected chi connectivity index (χ3v) is 5.56. The van der Waals surface area contributed by atoms with E-state index in [0.717, 1.165) is 5.39 Å². The largest absolute Gasteiger partial charge is 0.486 e. The van der Waals surface area contributed by atoms with Crippen molar-refractivity contribution in [2.45, 2.75) is 6.61 Å². The Morgan fingerprint density at radius 1 is 1.06 bits per heavy atom. The minimum absolute atomic E-state index is 0.0882. The first-order valence-corrected chi connectivity index (χ1v) is 10.8. The second-order valence-electron chi connectivity index (χ2n) is 6.54. The van der Waals surface area contributed by atoms with Crippen LogP contribution in [0.1, 0.15) is 21.7 Å². The molecule has 1 N–H and O–H groups in total. The zero-order valence-electron chi connectivity index (χ0n) is 15.9. The summed E-state index contributed by atoms with van der Waals surface area (Å²) in [5, 5.41) is 4.83. The van der Waals surface area contributed by atoms with Gasteiger partial charge in [0.15, 0.2) is 5.76 Å². The van der Waals surface area contributed by atoms with E-state index in [2.05, 4.69) is 42.4 Å². The molecule has 4 aromatic rings. The van der Waals surface area contributed by atoms with E-state index in [4.69, 9.17) is 9.15 Å². The molecule has 0 bridgehead atoms. The number of amides is 1. The molecular formula is C23H15Br2FN2O3. The number of carbonyl (C=O) groups excluding carboxylic acids is 1. The number of ether oxygens (including phenoxy) is 1. The van der Waals surface area contributed by atoms with Gasteiger partial charge in [-0.1, -0.05) is 36.4 Å². The van der Waals surface area contributed by atoms with Gasteiger partial charge in [-0.3, -0.25) is 4.79 Å². The maximum atomic E-state index is 13.8. The molecule has 5 nitrogen and oxygen atoms in total. The van der Waals surface area contributed by atoms with Crippen LogP contribution in [-0.4, -0.2) is 12.1 Å². The van der Waals surface area contributed by atoms with Gasteiger partial charge in [0, 0.05) is 10.9 Å². The summed E-state index contributed by atoms with van der Waals surface area (Å²) in [5.74, 6) is -0.0570. The lowest BCUT2D eigenvalue weighted by atomic mass is 10.2. The molecule has 31 heavy (non-hydrogen) atoms. The highest BCUT2D eigenvalue weighted by Gasteiger charge is 2.12. The van der Waals surface area contributed by atoms with Crippen molar-refractivity contribution in [2.75, 3.05) is 0 Å². The van der Waals surface area contributed by atoms with Gasteiger partial charge in [-0.15, -0.1) is 0 Å². The van der Waals surface area contributed by atoms with Gasteiger partial charge in [0.25, 0.3) is 0 Å². The summed E-state index contributed by atoms with van der Waals surface area (Å²) >= 11 is 6.91.